The van der Waals surface area contributed by atoms with Gasteiger partial charge in [0.1, 0.15) is 0 Å². The molecule has 1 heteroatoms. The van der Waals surface area contributed by atoms with E-state index >= 15 is 0 Å². The van der Waals surface area contributed by atoms with Gasteiger partial charge in [-0.05, 0) is 23.1 Å². The lowest BCUT2D eigenvalue weighted by Gasteiger charge is -2.44. The third-order valence-electron chi connectivity index (χ3n) is 4.43. The van der Waals surface area contributed by atoms with Gasteiger partial charge in [-0.15, -0.1) is 0 Å². The molecule has 2 aromatic carbocycles. The molecule has 0 saturated heterocycles. The Kier molecular flexibility index (Phi) is 3.23. The van der Waals surface area contributed by atoms with Crippen molar-refractivity contribution in [3.63, 3.8) is 0 Å². The molecule has 1 fully saturated rings. The van der Waals surface area contributed by atoms with E-state index in [-0.39, 0.29) is 11.5 Å². The largest absolute Gasteiger partial charge is 0.392 e. The van der Waals surface area contributed by atoms with Gasteiger partial charge in [0.15, 0.2) is 0 Å². The van der Waals surface area contributed by atoms with Crippen molar-refractivity contribution in [2.45, 2.75) is 26.4 Å². The van der Waals surface area contributed by atoms with Gasteiger partial charge in [-0.1, -0.05) is 80.1 Å². The van der Waals surface area contributed by atoms with Gasteiger partial charge >= 0.3 is 0 Å². The summed E-state index contributed by atoms with van der Waals surface area (Å²) in [5.74, 6) is 0. The quantitative estimate of drug-likeness (QED) is 0.845. The van der Waals surface area contributed by atoms with E-state index in [9.17, 15) is 5.11 Å². The molecule has 102 valence electrons. The van der Waals surface area contributed by atoms with Gasteiger partial charge in [0, 0.05) is 5.41 Å². The molecular weight excluding hydrogens is 244 g/mol. The lowest BCUT2D eigenvalue weighted by atomic mass is 9.64. The van der Waals surface area contributed by atoms with Crippen LogP contribution in [0.4, 0.5) is 0 Å². The Morgan fingerprint density at radius 1 is 0.950 bits per heavy atom. The van der Waals surface area contributed by atoms with Crippen LogP contribution in [0, 0.1) is 5.41 Å². The van der Waals surface area contributed by atoms with Gasteiger partial charge in [-0.3, -0.25) is 0 Å². The molecule has 0 spiro atoms. The average molecular weight is 264 g/mol. The Morgan fingerprint density at radius 3 is 2.10 bits per heavy atom. The summed E-state index contributed by atoms with van der Waals surface area (Å²) < 4.78 is 0. The van der Waals surface area contributed by atoms with Crippen LogP contribution < -0.4 is 0 Å². The van der Waals surface area contributed by atoms with Gasteiger partial charge < -0.3 is 5.11 Å². The zero-order valence-corrected chi connectivity index (χ0v) is 12.0. The molecule has 1 saturated carbocycles. The van der Waals surface area contributed by atoms with E-state index in [0.29, 0.717) is 0 Å². The number of benzene rings is 2. The Balaban J connectivity index is 1.83. The summed E-state index contributed by atoms with van der Waals surface area (Å²) >= 11 is 0. The Hall–Kier alpha value is -1.86. The molecule has 2 aromatic rings. The molecule has 3 rings (SSSR count). The van der Waals surface area contributed by atoms with Crippen LogP contribution in [0.15, 0.2) is 60.2 Å². The van der Waals surface area contributed by atoms with Crippen molar-refractivity contribution in [2.24, 2.45) is 5.41 Å². The van der Waals surface area contributed by atoms with Crippen molar-refractivity contribution in [1.82, 2.24) is 0 Å². The molecule has 1 unspecified atom stereocenters. The molecule has 1 N–H and O–H groups in total. The van der Waals surface area contributed by atoms with Crippen molar-refractivity contribution < 1.29 is 5.11 Å². The van der Waals surface area contributed by atoms with E-state index in [1.54, 1.807) is 0 Å². The van der Waals surface area contributed by atoms with Crippen molar-refractivity contribution in [3.8, 4) is 11.1 Å². The number of hydrogen-bond donors (Lipinski definition) is 1. The topological polar surface area (TPSA) is 20.2 Å². The standard InChI is InChI=1S/C19H20O/c1-19(2)17(13-18(19)20)12-14-8-10-16(11-9-14)15-6-4-3-5-7-15/h3-12,18,20H,13H2,1-2H3/b17-12+. The first kappa shape index (κ1) is 13.1. The van der Waals surface area contributed by atoms with E-state index in [1.807, 2.05) is 6.07 Å². The minimum atomic E-state index is -0.197. The minimum Gasteiger partial charge on any atom is -0.392 e. The highest BCUT2D eigenvalue weighted by Crippen LogP contribution is 2.46. The number of aliphatic hydroxyl groups is 1. The Morgan fingerprint density at radius 2 is 1.55 bits per heavy atom. The fourth-order valence-electron chi connectivity index (χ4n) is 2.66. The first-order valence-electron chi connectivity index (χ1n) is 7.12. The molecule has 1 aliphatic carbocycles. The summed E-state index contributed by atoms with van der Waals surface area (Å²) in [6.07, 6.45) is 2.81. The maximum Gasteiger partial charge on any atom is 0.0665 e. The van der Waals surface area contributed by atoms with E-state index < -0.39 is 0 Å². The molecule has 1 nitrogen and oxygen atoms in total. The smallest absolute Gasteiger partial charge is 0.0665 e. The number of rotatable bonds is 2. The fraction of sp³-hybridized carbons (Fsp3) is 0.263. The van der Waals surface area contributed by atoms with Crippen molar-refractivity contribution in [1.29, 1.82) is 0 Å². The second kappa shape index (κ2) is 4.92. The van der Waals surface area contributed by atoms with Crippen LogP contribution in [0.5, 0.6) is 0 Å². The van der Waals surface area contributed by atoms with Crippen LogP contribution >= 0.6 is 0 Å². The average Bonchev–Trinajstić information content (AvgIpc) is 2.48. The summed E-state index contributed by atoms with van der Waals surface area (Å²) in [7, 11) is 0. The second-order valence-electron chi connectivity index (χ2n) is 6.10. The third-order valence-corrected chi connectivity index (χ3v) is 4.43. The molecule has 1 atom stereocenters. The second-order valence-corrected chi connectivity index (χ2v) is 6.10. The molecular formula is C19H20O. The zero-order valence-electron chi connectivity index (χ0n) is 12.0. The first-order valence-corrected chi connectivity index (χ1v) is 7.12. The molecule has 0 radical (unpaired) electrons. The lowest BCUT2D eigenvalue weighted by Crippen LogP contribution is -2.42. The highest BCUT2D eigenvalue weighted by atomic mass is 16.3. The van der Waals surface area contributed by atoms with Crippen LogP contribution in [0.25, 0.3) is 17.2 Å². The summed E-state index contributed by atoms with van der Waals surface area (Å²) in [5, 5.41) is 9.78. The van der Waals surface area contributed by atoms with Crippen LogP contribution in [-0.4, -0.2) is 11.2 Å². The van der Waals surface area contributed by atoms with Gasteiger partial charge in [0.2, 0.25) is 0 Å². The Bertz CT molecular complexity index is 621. The summed E-state index contributed by atoms with van der Waals surface area (Å²) in [6.45, 7) is 4.21. The van der Waals surface area contributed by atoms with Gasteiger partial charge in [0.25, 0.3) is 0 Å². The van der Waals surface area contributed by atoms with Gasteiger partial charge in [0.05, 0.1) is 6.10 Å². The molecule has 0 aliphatic heterocycles. The Labute approximate surface area is 120 Å². The normalized spacial score (nSPS) is 22.6. The van der Waals surface area contributed by atoms with Crippen molar-refractivity contribution in [3.05, 3.63) is 65.7 Å². The van der Waals surface area contributed by atoms with Crippen LogP contribution in [0.2, 0.25) is 0 Å². The van der Waals surface area contributed by atoms with Crippen LogP contribution in [0.3, 0.4) is 0 Å². The van der Waals surface area contributed by atoms with Crippen LogP contribution in [-0.2, 0) is 0 Å². The predicted octanol–water partition coefficient (Wildman–Crippen LogP) is 4.53. The highest BCUT2D eigenvalue weighted by molar-refractivity contribution is 5.66. The van der Waals surface area contributed by atoms with E-state index in [4.69, 9.17) is 0 Å². The molecule has 0 amide bonds. The van der Waals surface area contributed by atoms with Crippen molar-refractivity contribution >= 4 is 6.08 Å². The van der Waals surface area contributed by atoms with Crippen molar-refractivity contribution in [2.75, 3.05) is 0 Å². The summed E-state index contributed by atoms with van der Waals surface area (Å²) in [5.41, 5.74) is 4.95. The summed E-state index contributed by atoms with van der Waals surface area (Å²) in [4.78, 5) is 0. The monoisotopic (exact) mass is 264 g/mol. The molecule has 1 aliphatic rings. The third kappa shape index (κ3) is 2.30. The lowest BCUT2D eigenvalue weighted by molar-refractivity contribution is 0.0195. The van der Waals surface area contributed by atoms with E-state index in [2.05, 4.69) is 68.5 Å². The van der Waals surface area contributed by atoms with Gasteiger partial charge in [-0.2, -0.15) is 0 Å². The molecule has 20 heavy (non-hydrogen) atoms. The maximum atomic E-state index is 9.78. The predicted molar refractivity (Wildman–Crippen MR) is 84.3 cm³/mol. The SMILES string of the molecule is CC1(C)/C(=C/c2ccc(-c3ccccc3)cc2)CC1O. The van der Waals surface area contributed by atoms with Crippen LogP contribution in [0.1, 0.15) is 25.8 Å². The molecule has 0 bridgehead atoms. The first-order chi connectivity index (χ1) is 9.57. The molecule has 0 aromatic heterocycles. The summed E-state index contributed by atoms with van der Waals surface area (Å²) in [6, 6.07) is 19.0. The highest BCUT2D eigenvalue weighted by Gasteiger charge is 2.41. The zero-order chi connectivity index (χ0) is 14.2. The fourth-order valence-corrected chi connectivity index (χ4v) is 2.66. The van der Waals surface area contributed by atoms with Gasteiger partial charge in [-0.25, -0.2) is 0 Å². The number of aliphatic hydroxyl groups excluding tert-OH is 1. The minimum absolute atomic E-state index is 0.0713. The van der Waals surface area contributed by atoms with E-state index in [0.717, 1.165) is 6.42 Å². The van der Waals surface area contributed by atoms with E-state index in [1.165, 1.54) is 22.3 Å². The molecule has 0 heterocycles. The number of hydrogen-bond acceptors (Lipinski definition) is 1. The maximum absolute atomic E-state index is 9.78.